The van der Waals surface area contributed by atoms with E-state index >= 15 is 0 Å². The number of aromatic nitrogens is 1. The van der Waals surface area contributed by atoms with Crippen LogP contribution in [0, 0.1) is 0 Å². The monoisotopic (exact) mass is 260 g/mol. The molecular formula is C16H24N2O. The third-order valence-electron chi connectivity index (χ3n) is 3.94. The standard InChI is InChI=1S/C16H24N2O/c1-6-16(17,7-2)14-18-12-10-11(15(3,4)5)8-9-13(12)19-14/h8-10H,6-7,17H2,1-5H3. The molecule has 1 aromatic carbocycles. The van der Waals surface area contributed by atoms with Crippen molar-refractivity contribution in [1.29, 1.82) is 0 Å². The first-order valence-corrected chi connectivity index (χ1v) is 7.00. The molecule has 0 fully saturated rings. The molecule has 2 rings (SSSR count). The number of benzene rings is 1. The molecule has 0 aliphatic heterocycles. The van der Waals surface area contributed by atoms with E-state index < -0.39 is 5.54 Å². The molecule has 0 spiro atoms. The minimum Gasteiger partial charge on any atom is -0.439 e. The van der Waals surface area contributed by atoms with Crippen LogP contribution in [-0.2, 0) is 11.0 Å². The van der Waals surface area contributed by atoms with Crippen LogP contribution in [0.2, 0.25) is 0 Å². The molecule has 104 valence electrons. The van der Waals surface area contributed by atoms with Crippen LogP contribution >= 0.6 is 0 Å². The van der Waals surface area contributed by atoms with Crippen molar-refractivity contribution in [3.63, 3.8) is 0 Å². The van der Waals surface area contributed by atoms with Crippen LogP contribution < -0.4 is 5.73 Å². The van der Waals surface area contributed by atoms with E-state index in [9.17, 15) is 0 Å². The summed E-state index contributed by atoms with van der Waals surface area (Å²) in [7, 11) is 0. The lowest BCUT2D eigenvalue weighted by atomic mass is 9.87. The predicted molar refractivity (Wildman–Crippen MR) is 79.2 cm³/mol. The Morgan fingerprint density at radius 2 is 1.79 bits per heavy atom. The normalized spacial score (nSPS) is 13.2. The molecule has 0 radical (unpaired) electrons. The highest BCUT2D eigenvalue weighted by Gasteiger charge is 2.29. The van der Waals surface area contributed by atoms with Crippen molar-refractivity contribution in [1.82, 2.24) is 4.98 Å². The summed E-state index contributed by atoms with van der Waals surface area (Å²) >= 11 is 0. The summed E-state index contributed by atoms with van der Waals surface area (Å²) in [6, 6.07) is 6.21. The summed E-state index contributed by atoms with van der Waals surface area (Å²) in [6.45, 7) is 10.7. The van der Waals surface area contributed by atoms with Crippen LogP contribution in [0.3, 0.4) is 0 Å². The molecular weight excluding hydrogens is 236 g/mol. The summed E-state index contributed by atoms with van der Waals surface area (Å²) in [4.78, 5) is 4.61. The lowest BCUT2D eigenvalue weighted by Gasteiger charge is -2.21. The Bertz CT molecular complexity index is 574. The maximum atomic E-state index is 6.35. The van der Waals surface area contributed by atoms with E-state index in [1.165, 1.54) is 5.56 Å². The third-order valence-corrected chi connectivity index (χ3v) is 3.94. The molecule has 2 aromatic rings. The van der Waals surface area contributed by atoms with Crippen LogP contribution in [0.25, 0.3) is 11.1 Å². The van der Waals surface area contributed by atoms with Crippen molar-refractivity contribution in [2.24, 2.45) is 5.73 Å². The number of hydrogen-bond donors (Lipinski definition) is 1. The molecule has 0 unspecified atom stereocenters. The molecule has 2 N–H and O–H groups in total. The molecule has 0 saturated heterocycles. The lowest BCUT2D eigenvalue weighted by Crippen LogP contribution is -2.35. The maximum Gasteiger partial charge on any atom is 0.215 e. The van der Waals surface area contributed by atoms with Crippen LogP contribution in [0.15, 0.2) is 22.6 Å². The van der Waals surface area contributed by atoms with Gasteiger partial charge < -0.3 is 10.2 Å². The van der Waals surface area contributed by atoms with Gasteiger partial charge in [0.15, 0.2) is 5.58 Å². The molecule has 3 heteroatoms. The van der Waals surface area contributed by atoms with Gasteiger partial charge in [0.1, 0.15) is 5.52 Å². The summed E-state index contributed by atoms with van der Waals surface area (Å²) in [5.74, 6) is 0.651. The molecule has 0 atom stereocenters. The molecule has 19 heavy (non-hydrogen) atoms. The first-order valence-electron chi connectivity index (χ1n) is 7.00. The zero-order valence-corrected chi connectivity index (χ0v) is 12.6. The van der Waals surface area contributed by atoms with E-state index in [0.29, 0.717) is 5.89 Å². The minimum absolute atomic E-state index is 0.114. The van der Waals surface area contributed by atoms with E-state index in [2.05, 4.69) is 51.7 Å². The van der Waals surface area contributed by atoms with Crippen molar-refractivity contribution in [2.45, 2.75) is 58.4 Å². The van der Waals surface area contributed by atoms with Crippen molar-refractivity contribution in [2.75, 3.05) is 0 Å². The SMILES string of the molecule is CCC(N)(CC)c1nc2cc(C(C)(C)C)ccc2o1. The van der Waals surface area contributed by atoms with E-state index in [1.54, 1.807) is 0 Å². The Labute approximate surface area is 115 Å². The average molecular weight is 260 g/mol. The number of rotatable bonds is 3. The maximum absolute atomic E-state index is 6.35. The van der Waals surface area contributed by atoms with Gasteiger partial charge >= 0.3 is 0 Å². The second-order valence-electron chi connectivity index (χ2n) is 6.31. The Morgan fingerprint density at radius 1 is 1.16 bits per heavy atom. The molecule has 3 nitrogen and oxygen atoms in total. The summed E-state index contributed by atoms with van der Waals surface area (Å²) in [6.07, 6.45) is 1.64. The van der Waals surface area contributed by atoms with Crippen LogP contribution in [0.1, 0.15) is 58.9 Å². The van der Waals surface area contributed by atoms with Gasteiger partial charge in [-0.15, -0.1) is 0 Å². The highest BCUT2D eigenvalue weighted by molar-refractivity contribution is 5.74. The third kappa shape index (κ3) is 2.52. The average Bonchev–Trinajstić information content (AvgIpc) is 2.80. The van der Waals surface area contributed by atoms with Crippen LogP contribution in [0.5, 0.6) is 0 Å². The summed E-state index contributed by atoms with van der Waals surface area (Å²) < 4.78 is 5.85. The molecule has 0 amide bonds. The van der Waals surface area contributed by atoms with Gasteiger partial charge in [-0.1, -0.05) is 40.7 Å². The molecule has 1 heterocycles. The predicted octanol–water partition coefficient (Wildman–Crippen LogP) is 4.10. The highest BCUT2D eigenvalue weighted by atomic mass is 16.4. The van der Waals surface area contributed by atoms with Crippen molar-refractivity contribution < 1.29 is 4.42 Å². The van der Waals surface area contributed by atoms with E-state index in [-0.39, 0.29) is 5.41 Å². The summed E-state index contributed by atoms with van der Waals surface area (Å²) in [5, 5.41) is 0. The van der Waals surface area contributed by atoms with Crippen LogP contribution in [0.4, 0.5) is 0 Å². The first kappa shape index (κ1) is 14.1. The minimum atomic E-state index is -0.457. The second-order valence-corrected chi connectivity index (χ2v) is 6.31. The molecule has 0 aliphatic rings. The molecule has 1 aromatic heterocycles. The second kappa shape index (κ2) is 4.64. The number of fused-ring (bicyclic) bond motifs is 1. The van der Waals surface area contributed by atoms with Crippen molar-refractivity contribution in [3.8, 4) is 0 Å². The zero-order valence-electron chi connectivity index (χ0n) is 12.6. The van der Waals surface area contributed by atoms with Crippen LogP contribution in [-0.4, -0.2) is 4.98 Å². The number of oxazole rings is 1. The molecule has 0 aliphatic carbocycles. The van der Waals surface area contributed by atoms with Gasteiger partial charge in [-0.25, -0.2) is 4.98 Å². The van der Waals surface area contributed by atoms with E-state index in [0.717, 1.165) is 23.9 Å². The van der Waals surface area contributed by atoms with Gasteiger partial charge in [0.05, 0.1) is 5.54 Å². The number of nitrogens with two attached hydrogens (primary N) is 1. The fraction of sp³-hybridized carbons (Fsp3) is 0.562. The Balaban J connectivity index is 2.52. The Morgan fingerprint density at radius 3 is 2.32 bits per heavy atom. The smallest absolute Gasteiger partial charge is 0.215 e. The number of nitrogens with zero attached hydrogens (tertiary/aromatic N) is 1. The lowest BCUT2D eigenvalue weighted by molar-refractivity contribution is 0.318. The van der Waals surface area contributed by atoms with Gasteiger partial charge in [0, 0.05) is 0 Å². The van der Waals surface area contributed by atoms with Gasteiger partial charge in [0.2, 0.25) is 5.89 Å². The van der Waals surface area contributed by atoms with Gasteiger partial charge in [-0.2, -0.15) is 0 Å². The van der Waals surface area contributed by atoms with E-state index in [1.807, 2.05) is 6.07 Å². The molecule has 0 saturated carbocycles. The van der Waals surface area contributed by atoms with Gasteiger partial charge in [0.25, 0.3) is 0 Å². The highest BCUT2D eigenvalue weighted by Crippen LogP contribution is 2.30. The topological polar surface area (TPSA) is 52.0 Å². The van der Waals surface area contributed by atoms with E-state index in [4.69, 9.17) is 10.2 Å². The first-order chi connectivity index (χ1) is 8.80. The molecule has 0 bridgehead atoms. The zero-order chi connectivity index (χ0) is 14.3. The van der Waals surface area contributed by atoms with Gasteiger partial charge in [-0.3, -0.25) is 0 Å². The van der Waals surface area contributed by atoms with Crippen molar-refractivity contribution >= 4 is 11.1 Å². The van der Waals surface area contributed by atoms with Crippen molar-refractivity contribution in [3.05, 3.63) is 29.7 Å². The fourth-order valence-electron chi connectivity index (χ4n) is 2.16. The quantitative estimate of drug-likeness (QED) is 0.904. The van der Waals surface area contributed by atoms with Gasteiger partial charge in [-0.05, 0) is 36.0 Å². The summed E-state index contributed by atoms with van der Waals surface area (Å²) in [5.41, 5.74) is 8.99. The Kier molecular flexibility index (Phi) is 3.43. The Hall–Kier alpha value is -1.35. The largest absolute Gasteiger partial charge is 0.439 e. The number of hydrogen-bond acceptors (Lipinski definition) is 3. The fourth-order valence-corrected chi connectivity index (χ4v) is 2.16.